The molecule has 0 aromatic heterocycles. The van der Waals surface area contributed by atoms with Crippen molar-refractivity contribution < 1.29 is 37.2 Å². The first-order valence-electron chi connectivity index (χ1n) is 12.3. The van der Waals surface area contributed by atoms with E-state index in [-0.39, 0.29) is 12.2 Å². The van der Waals surface area contributed by atoms with Gasteiger partial charge < -0.3 is 30.3 Å². The van der Waals surface area contributed by atoms with Gasteiger partial charge in [-0.05, 0) is 88.0 Å². The van der Waals surface area contributed by atoms with E-state index in [1.165, 1.54) is 11.1 Å². The lowest BCUT2D eigenvalue weighted by Crippen LogP contribution is -2.46. The number of nitrogens with one attached hydrogen (secondary N) is 2. The number of hydrogen-bond acceptors (Lipinski definition) is 8. The van der Waals surface area contributed by atoms with Gasteiger partial charge in [-0.25, -0.2) is 0 Å². The van der Waals surface area contributed by atoms with Crippen LogP contribution in [0.4, 0.5) is 0 Å². The third-order valence-corrected chi connectivity index (χ3v) is 6.44. The van der Waals surface area contributed by atoms with Crippen LogP contribution >= 0.6 is 0 Å². The lowest BCUT2D eigenvalue weighted by molar-refractivity contribution is 0.0159. The summed E-state index contributed by atoms with van der Waals surface area (Å²) in [6.07, 6.45) is 0.731. The van der Waals surface area contributed by atoms with Crippen LogP contribution in [0.5, 0.6) is 11.5 Å². The summed E-state index contributed by atoms with van der Waals surface area (Å²) in [7, 11) is -4.67. The second kappa shape index (κ2) is 14.6. The molecule has 208 valence electrons. The van der Waals surface area contributed by atoms with E-state index in [2.05, 4.69) is 50.5 Å². The van der Waals surface area contributed by atoms with E-state index in [0.29, 0.717) is 13.1 Å². The van der Waals surface area contributed by atoms with Crippen LogP contribution in [0.3, 0.4) is 0 Å². The summed E-state index contributed by atoms with van der Waals surface area (Å²) in [5.74, 6) is 1.79. The first kappa shape index (κ1) is 31.0. The Labute approximate surface area is 219 Å². The van der Waals surface area contributed by atoms with Gasteiger partial charge in [0.05, 0.1) is 0 Å². The highest BCUT2D eigenvalue weighted by Crippen LogP contribution is 2.25. The molecule has 2 aromatic carbocycles. The Balaban J connectivity index is 0.000000221. The number of benzene rings is 2. The topological polar surface area (TPSA) is 158 Å². The van der Waals surface area contributed by atoms with Crippen molar-refractivity contribution in [2.75, 3.05) is 26.2 Å². The van der Waals surface area contributed by atoms with Crippen molar-refractivity contribution in [3.05, 3.63) is 58.7 Å². The molecule has 11 heteroatoms. The van der Waals surface area contributed by atoms with Crippen LogP contribution in [0.2, 0.25) is 0 Å². The van der Waals surface area contributed by atoms with Gasteiger partial charge in [0, 0.05) is 13.1 Å². The lowest BCUT2D eigenvalue weighted by atomic mass is 10.1. The van der Waals surface area contributed by atoms with Gasteiger partial charge in [-0.2, -0.15) is 8.42 Å². The normalized spacial score (nSPS) is 23.6. The van der Waals surface area contributed by atoms with Crippen LogP contribution in [-0.2, 0) is 10.4 Å². The van der Waals surface area contributed by atoms with Crippen molar-refractivity contribution in [2.45, 2.75) is 65.0 Å². The van der Waals surface area contributed by atoms with Crippen molar-refractivity contribution in [3.8, 4) is 11.5 Å². The highest BCUT2D eigenvalue weighted by molar-refractivity contribution is 7.79. The molecule has 0 bridgehead atoms. The molecular formula is C26H40N2O8S. The van der Waals surface area contributed by atoms with E-state index in [1.807, 2.05) is 24.3 Å². The Morgan fingerprint density at radius 1 is 0.730 bits per heavy atom. The largest absolute Gasteiger partial charge is 0.487 e. The maximum Gasteiger partial charge on any atom is 0.394 e. The first-order valence-corrected chi connectivity index (χ1v) is 13.7. The second-order valence-electron chi connectivity index (χ2n) is 9.28. The van der Waals surface area contributed by atoms with E-state index in [0.717, 1.165) is 48.6 Å². The minimum absolute atomic E-state index is 0.0817. The zero-order valence-electron chi connectivity index (χ0n) is 21.8. The van der Waals surface area contributed by atoms with Gasteiger partial charge in [0.2, 0.25) is 0 Å². The Kier molecular flexibility index (Phi) is 12.2. The van der Waals surface area contributed by atoms with E-state index >= 15 is 0 Å². The van der Waals surface area contributed by atoms with Crippen LogP contribution in [-0.4, -0.2) is 78.3 Å². The maximum atomic E-state index is 9.80. The van der Waals surface area contributed by atoms with Gasteiger partial charge in [-0.1, -0.05) is 24.3 Å². The molecule has 2 aliphatic rings. The molecule has 0 saturated carbocycles. The molecule has 0 radical (unpaired) electrons. The number of aliphatic hydroxyl groups is 2. The highest BCUT2D eigenvalue weighted by atomic mass is 32.3. The summed E-state index contributed by atoms with van der Waals surface area (Å²) in [6, 6.07) is 12.1. The predicted octanol–water partition coefficient (Wildman–Crippen LogP) is 2.16. The summed E-state index contributed by atoms with van der Waals surface area (Å²) in [4.78, 5) is 0. The van der Waals surface area contributed by atoms with Crippen molar-refractivity contribution in [1.29, 1.82) is 0 Å². The standard InChI is InChI=1S/2C13H19NO2.H2O4S/c2*1-9-4-3-5-12(10(9)2)16-13-6-7-14-8-11(13)15;1-5(2,3)4/h2*3-5,11,13-15H,6-8H2,1-2H3;(H2,1,2,3,4)/t2*11-,13+;/m00./s1. The molecular weight excluding hydrogens is 500 g/mol. The zero-order chi connectivity index (χ0) is 27.6. The molecule has 0 unspecified atom stereocenters. The van der Waals surface area contributed by atoms with Gasteiger partial charge >= 0.3 is 10.4 Å². The quantitative estimate of drug-likeness (QED) is 0.318. The van der Waals surface area contributed by atoms with E-state index in [9.17, 15) is 10.2 Å². The highest BCUT2D eigenvalue weighted by Gasteiger charge is 2.25. The number of ether oxygens (including phenoxy) is 2. The predicted molar refractivity (Wildman–Crippen MR) is 142 cm³/mol. The lowest BCUT2D eigenvalue weighted by Gasteiger charge is -2.29. The number of rotatable bonds is 4. The average molecular weight is 541 g/mol. The van der Waals surface area contributed by atoms with Crippen molar-refractivity contribution in [1.82, 2.24) is 10.6 Å². The SMILES string of the molecule is Cc1cccc(O[C@@H]2CCNC[C@@H]2O)c1C.Cc1cccc(O[C@@H]2CCNC[C@@H]2O)c1C.O=S(=O)(O)O. The maximum absolute atomic E-state index is 9.80. The van der Waals surface area contributed by atoms with Gasteiger partial charge in [-0.15, -0.1) is 0 Å². The van der Waals surface area contributed by atoms with Gasteiger partial charge in [-0.3, -0.25) is 9.11 Å². The summed E-state index contributed by atoms with van der Waals surface area (Å²) in [6.45, 7) is 11.3. The Morgan fingerprint density at radius 3 is 1.41 bits per heavy atom. The average Bonchev–Trinajstić information content (AvgIpc) is 2.82. The molecule has 10 nitrogen and oxygen atoms in total. The van der Waals surface area contributed by atoms with Gasteiger partial charge in [0.25, 0.3) is 0 Å². The molecule has 4 rings (SSSR count). The number of aryl methyl sites for hydroxylation is 2. The molecule has 6 N–H and O–H groups in total. The molecule has 2 fully saturated rings. The summed E-state index contributed by atoms with van der Waals surface area (Å²) >= 11 is 0. The first-order chi connectivity index (χ1) is 17.4. The Hall–Kier alpha value is -2.25. The fourth-order valence-corrected chi connectivity index (χ4v) is 3.94. The van der Waals surface area contributed by atoms with E-state index in [4.69, 9.17) is 27.0 Å². The minimum Gasteiger partial charge on any atom is -0.487 e. The second-order valence-corrected chi connectivity index (χ2v) is 10.2. The number of hydrogen-bond donors (Lipinski definition) is 6. The molecule has 0 spiro atoms. The smallest absolute Gasteiger partial charge is 0.394 e. The Bertz CT molecular complexity index is 1020. The monoisotopic (exact) mass is 540 g/mol. The fourth-order valence-electron chi connectivity index (χ4n) is 3.94. The minimum atomic E-state index is -4.67. The molecule has 0 amide bonds. The van der Waals surface area contributed by atoms with Crippen LogP contribution in [0.1, 0.15) is 35.1 Å². The van der Waals surface area contributed by atoms with Crippen molar-refractivity contribution in [2.24, 2.45) is 0 Å². The van der Waals surface area contributed by atoms with Crippen LogP contribution in [0.25, 0.3) is 0 Å². The molecule has 2 heterocycles. The summed E-state index contributed by atoms with van der Waals surface area (Å²) < 4.78 is 43.4. The van der Waals surface area contributed by atoms with Crippen LogP contribution < -0.4 is 20.1 Å². The van der Waals surface area contributed by atoms with Crippen molar-refractivity contribution >= 4 is 10.4 Å². The third-order valence-electron chi connectivity index (χ3n) is 6.44. The van der Waals surface area contributed by atoms with Crippen molar-refractivity contribution in [3.63, 3.8) is 0 Å². The van der Waals surface area contributed by atoms with Gasteiger partial charge in [0.15, 0.2) is 0 Å². The fraction of sp³-hybridized carbons (Fsp3) is 0.538. The van der Waals surface area contributed by atoms with Crippen LogP contribution in [0.15, 0.2) is 36.4 Å². The number of aliphatic hydroxyl groups excluding tert-OH is 2. The van der Waals surface area contributed by atoms with E-state index in [1.54, 1.807) is 0 Å². The molecule has 37 heavy (non-hydrogen) atoms. The molecule has 2 aliphatic heterocycles. The van der Waals surface area contributed by atoms with Crippen LogP contribution in [0, 0.1) is 27.7 Å². The molecule has 2 saturated heterocycles. The molecule has 2 aromatic rings. The molecule has 0 aliphatic carbocycles. The Morgan fingerprint density at radius 2 is 1.08 bits per heavy atom. The zero-order valence-corrected chi connectivity index (χ0v) is 22.7. The summed E-state index contributed by atoms with van der Waals surface area (Å²) in [5, 5.41) is 25.9. The number of piperidine rings is 2. The van der Waals surface area contributed by atoms with Gasteiger partial charge in [0.1, 0.15) is 35.9 Å². The molecule has 4 atom stereocenters. The third kappa shape index (κ3) is 10.9. The van der Waals surface area contributed by atoms with E-state index < -0.39 is 22.6 Å². The number of β-amino-alcohol motifs (C(OH)–C–C–N with tert-alkyl or cyclic N) is 2. The summed E-state index contributed by atoms with van der Waals surface area (Å²) in [5.41, 5.74) is 4.77.